The third-order valence-corrected chi connectivity index (χ3v) is 5.26. The first-order valence-electron chi connectivity index (χ1n) is 9.05. The molecule has 1 atom stereocenters. The molecule has 2 heterocycles. The van der Waals surface area contributed by atoms with Gasteiger partial charge in [0.2, 0.25) is 11.8 Å². The number of piperidine rings is 1. The van der Waals surface area contributed by atoms with Crippen LogP contribution in [0.4, 0.5) is 0 Å². The SMILES string of the molecule is CC1CCCCN1C(=O)Cc1ccc(-c2nc3cc(Cl)ccc3o2)cc1. The van der Waals surface area contributed by atoms with Crippen LogP contribution in [0.3, 0.4) is 0 Å². The van der Waals surface area contributed by atoms with E-state index in [1.165, 1.54) is 6.42 Å². The van der Waals surface area contributed by atoms with Crippen LogP contribution in [-0.2, 0) is 11.2 Å². The Morgan fingerprint density at radius 3 is 2.81 bits per heavy atom. The van der Waals surface area contributed by atoms with Crippen LogP contribution in [0.1, 0.15) is 31.7 Å². The molecule has 0 radical (unpaired) electrons. The molecule has 1 amide bonds. The molecular weight excluding hydrogens is 348 g/mol. The first-order chi connectivity index (χ1) is 12.6. The number of hydrogen-bond acceptors (Lipinski definition) is 3. The molecule has 4 nitrogen and oxygen atoms in total. The number of likely N-dealkylation sites (tertiary alicyclic amines) is 1. The Kier molecular flexibility index (Phi) is 4.68. The Morgan fingerprint density at radius 1 is 1.23 bits per heavy atom. The molecule has 4 rings (SSSR count). The molecule has 134 valence electrons. The second-order valence-electron chi connectivity index (χ2n) is 6.94. The molecule has 5 heteroatoms. The topological polar surface area (TPSA) is 46.3 Å². The zero-order valence-corrected chi connectivity index (χ0v) is 15.5. The summed E-state index contributed by atoms with van der Waals surface area (Å²) >= 11 is 6.00. The average molecular weight is 369 g/mol. The van der Waals surface area contributed by atoms with Gasteiger partial charge in [-0.15, -0.1) is 0 Å². The van der Waals surface area contributed by atoms with Gasteiger partial charge in [0, 0.05) is 23.2 Å². The van der Waals surface area contributed by atoms with Gasteiger partial charge in [-0.3, -0.25) is 4.79 Å². The molecule has 1 saturated heterocycles. The van der Waals surface area contributed by atoms with Crippen LogP contribution >= 0.6 is 11.6 Å². The van der Waals surface area contributed by atoms with E-state index in [0.29, 0.717) is 29.0 Å². The molecule has 1 aliphatic heterocycles. The Labute approximate surface area is 157 Å². The maximum Gasteiger partial charge on any atom is 0.227 e. The number of hydrogen-bond donors (Lipinski definition) is 0. The minimum absolute atomic E-state index is 0.210. The lowest BCUT2D eigenvalue weighted by Gasteiger charge is -2.33. The lowest BCUT2D eigenvalue weighted by atomic mass is 10.0. The molecular formula is C21H21ClN2O2. The van der Waals surface area contributed by atoms with Gasteiger partial charge in [-0.2, -0.15) is 0 Å². The molecule has 3 aromatic rings. The predicted molar refractivity (Wildman–Crippen MR) is 103 cm³/mol. The maximum atomic E-state index is 12.6. The van der Waals surface area contributed by atoms with Gasteiger partial charge in [-0.1, -0.05) is 23.7 Å². The van der Waals surface area contributed by atoms with Gasteiger partial charge in [0.25, 0.3) is 0 Å². The van der Waals surface area contributed by atoms with Crippen LogP contribution in [0.25, 0.3) is 22.6 Å². The van der Waals surface area contributed by atoms with Gasteiger partial charge in [-0.25, -0.2) is 4.98 Å². The van der Waals surface area contributed by atoms with Gasteiger partial charge in [0.15, 0.2) is 5.58 Å². The Balaban J connectivity index is 1.49. The van der Waals surface area contributed by atoms with Crippen molar-refractivity contribution in [1.82, 2.24) is 9.88 Å². The van der Waals surface area contributed by atoms with Crippen LogP contribution in [0, 0.1) is 0 Å². The van der Waals surface area contributed by atoms with Crippen molar-refractivity contribution in [3.05, 3.63) is 53.1 Å². The van der Waals surface area contributed by atoms with Crippen molar-refractivity contribution in [2.45, 2.75) is 38.6 Å². The van der Waals surface area contributed by atoms with Gasteiger partial charge >= 0.3 is 0 Å². The molecule has 0 spiro atoms. The summed E-state index contributed by atoms with van der Waals surface area (Å²) in [6.07, 6.45) is 3.87. The van der Waals surface area contributed by atoms with Crippen LogP contribution in [0.15, 0.2) is 46.9 Å². The number of oxazole rings is 1. The highest BCUT2D eigenvalue weighted by molar-refractivity contribution is 6.31. The normalized spacial score (nSPS) is 17.6. The van der Waals surface area contributed by atoms with Crippen molar-refractivity contribution in [1.29, 1.82) is 0 Å². The fraction of sp³-hybridized carbons (Fsp3) is 0.333. The minimum Gasteiger partial charge on any atom is -0.436 e. The van der Waals surface area contributed by atoms with E-state index in [4.69, 9.17) is 16.0 Å². The number of nitrogens with zero attached hydrogens (tertiary/aromatic N) is 2. The summed E-state index contributed by atoms with van der Waals surface area (Å²) in [5.74, 6) is 0.770. The average Bonchev–Trinajstić information content (AvgIpc) is 3.05. The van der Waals surface area contributed by atoms with Gasteiger partial charge < -0.3 is 9.32 Å². The largest absolute Gasteiger partial charge is 0.436 e. The van der Waals surface area contributed by atoms with E-state index in [0.717, 1.165) is 36.0 Å². The van der Waals surface area contributed by atoms with Crippen molar-refractivity contribution in [3.63, 3.8) is 0 Å². The number of halogens is 1. The summed E-state index contributed by atoms with van der Waals surface area (Å²) in [7, 11) is 0. The van der Waals surface area contributed by atoms with E-state index >= 15 is 0 Å². The summed E-state index contributed by atoms with van der Waals surface area (Å²) in [5, 5.41) is 0.637. The van der Waals surface area contributed by atoms with Crippen molar-refractivity contribution in [3.8, 4) is 11.5 Å². The first-order valence-corrected chi connectivity index (χ1v) is 9.43. The van der Waals surface area contributed by atoms with E-state index in [-0.39, 0.29) is 5.91 Å². The third-order valence-electron chi connectivity index (χ3n) is 5.03. The quantitative estimate of drug-likeness (QED) is 0.646. The molecule has 0 aliphatic carbocycles. The van der Waals surface area contributed by atoms with E-state index < -0.39 is 0 Å². The zero-order valence-electron chi connectivity index (χ0n) is 14.7. The molecule has 1 aliphatic rings. The van der Waals surface area contributed by atoms with Crippen LogP contribution in [0.2, 0.25) is 5.02 Å². The van der Waals surface area contributed by atoms with Crippen molar-refractivity contribution >= 4 is 28.6 Å². The summed E-state index contributed by atoms with van der Waals surface area (Å²) in [5.41, 5.74) is 3.35. The molecule has 26 heavy (non-hydrogen) atoms. The summed E-state index contributed by atoms with van der Waals surface area (Å²) in [4.78, 5) is 19.1. The number of rotatable bonds is 3. The van der Waals surface area contributed by atoms with Crippen molar-refractivity contribution in [2.24, 2.45) is 0 Å². The Bertz CT molecular complexity index is 933. The van der Waals surface area contributed by atoms with Crippen molar-refractivity contribution < 1.29 is 9.21 Å². The number of fused-ring (bicyclic) bond motifs is 1. The van der Waals surface area contributed by atoms with Gasteiger partial charge in [-0.05, 0) is 62.1 Å². The number of carbonyl (C=O) groups excluding carboxylic acids is 1. The second-order valence-corrected chi connectivity index (χ2v) is 7.37. The van der Waals surface area contributed by atoms with Crippen molar-refractivity contribution in [2.75, 3.05) is 6.54 Å². The van der Waals surface area contributed by atoms with E-state index in [1.807, 2.05) is 35.2 Å². The summed E-state index contributed by atoms with van der Waals surface area (Å²) in [6.45, 7) is 3.02. The number of amides is 1. The third kappa shape index (κ3) is 3.47. The Hall–Kier alpha value is -2.33. The fourth-order valence-corrected chi connectivity index (χ4v) is 3.70. The second kappa shape index (κ2) is 7.12. The van der Waals surface area contributed by atoms with E-state index in [2.05, 4.69) is 11.9 Å². The monoisotopic (exact) mass is 368 g/mol. The highest BCUT2D eigenvalue weighted by Gasteiger charge is 2.23. The number of aromatic nitrogens is 1. The van der Waals surface area contributed by atoms with Crippen LogP contribution < -0.4 is 0 Å². The molecule has 0 N–H and O–H groups in total. The van der Waals surface area contributed by atoms with Gasteiger partial charge in [0.1, 0.15) is 5.52 Å². The molecule has 0 bridgehead atoms. The van der Waals surface area contributed by atoms with Crippen LogP contribution in [-0.4, -0.2) is 28.4 Å². The molecule has 1 fully saturated rings. The maximum absolute atomic E-state index is 12.6. The number of carbonyl (C=O) groups is 1. The number of benzene rings is 2. The van der Waals surface area contributed by atoms with E-state index in [9.17, 15) is 4.79 Å². The van der Waals surface area contributed by atoms with Crippen LogP contribution in [0.5, 0.6) is 0 Å². The van der Waals surface area contributed by atoms with Gasteiger partial charge in [0.05, 0.1) is 6.42 Å². The highest BCUT2D eigenvalue weighted by Crippen LogP contribution is 2.26. The lowest BCUT2D eigenvalue weighted by molar-refractivity contribution is -0.133. The standard InChI is InChI=1S/C21H21ClN2O2/c1-14-4-2-3-11-24(14)20(25)12-15-5-7-16(8-6-15)21-23-18-13-17(22)9-10-19(18)26-21/h5-10,13-14H,2-4,11-12H2,1H3. The fourth-order valence-electron chi connectivity index (χ4n) is 3.53. The zero-order chi connectivity index (χ0) is 18.1. The molecule has 1 aromatic heterocycles. The minimum atomic E-state index is 0.210. The molecule has 1 unspecified atom stereocenters. The lowest BCUT2D eigenvalue weighted by Crippen LogP contribution is -2.42. The smallest absolute Gasteiger partial charge is 0.227 e. The highest BCUT2D eigenvalue weighted by atomic mass is 35.5. The molecule has 0 saturated carbocycles. The Morgan fingerprint density at radius 2 is 2.04 bits per heavy atom. The predicted octanol–water partition coefficient (Wildman–Crippen LogP) is 5.09. The summed E-state index contributed by atoms with van der Waals surface area (Å²) < 4.78 is 5.79. The first kappa shape index (κ1) is 17.1. The molecule has 2 aromatic carbocycles. The van der Waals surface area contributed by atoms with E-state index in [1.54, 1.807) is 12.1 Å². The summed E-state index contributed by atoms with van der Waals surface area (Å²) in [6, 6.07) is 13.6.